The second-order valence-corrected chi connectivity index (χ2v) is 7.38. The minimum absolute atomic E-state index is 0.00140. The predicted octanol–water partition coefficient (Wildman–Crippen LogP) is 2.29. The number of hydrogen-bond donors (Lipinski definition) is 0. The molecule has 1 saturated heterocycles. The number of ether oxygens (including phenoxy) is 3. The summed E-state index contributed by atoms with van der Waals surface area (Å²) in [6, 6.07) is 7.22. The van der Waals surface area contributed by atoms with Gasteiger partial charge < -0.3 is 14.2 Å². The zero-order valence-electron chi connectivity index (χ0n) is 14.7. The van der Waals surface area contributed by atoms with Crippen LogP contribution in [-0.4, -0.2) is 50.4 Å². The van der Waals surface area contributed by atoms with Gasteiger partial charge in [-0.2, -0.15) is 0 Å². The quantitative estimate of drug-likeness (QED) is 0.775. The smallest absolute Gasteiger partial charge is 0.332 e. The average Bonchev–Trinajstić information content (AvgIpc) is 2.74. The molecular weight excluding hydrogens is 306 g/mol. The third kappa shape index (κ3) is 1.97. The lowest BCUT2D eigenvalue weighted by Crippen LogP contribution is -2.57. The van der Waals surface area contributed by atoms with Gasteiger partial charge in [0.05, 0.1) is 19.8 Å². The van der Waals surface area contributed by atoms with Crippen molar-refractivity contribution in [3.8, 4) is 5.75 Å². The summed E-state index contributed by atoms with van der Waals surface area (Å²) >= 11 is 0. The number of rotatable bonds is 5. The predicted molar refractivity (Wildman–Crippen MR) is 89.1 cm³/mol. The van der Waals surface area contributed by atoms with Crippen molar-refractivity contribution in [2.24, 2.45) is 5.92 Å². The first kappa shape index (κ1) is 15.9. The van der Waals surface area contributed by atoms with E-state index in [-0.39, 0.29) is 24.1 Å². The van der Waals surface area contributed by atoms with E-state index in [1.165, 1.54) is 11.1 Å². The molecule has 5 atom stereocenters. The summed E-state index contributed by atoms with van der Waals surface area (Å²) in [5, 5.41) is 0. The van der Waals surface area contributed by atoms with Crippen LogP contribution in [0, 0.1) is 5.92 Å². The molecule has 2 fully saturated rings. The molecule has 2 aliphatic carbocycles. The van der Waals surface area contributed by atoms with Crippen molar-refractivity contribution in [3.63, 3.8) is 0 Å². The van der Waals surface area contributed by atoms with Crippen LogP contribution in [-0.2, 0) is 19.7 Å². The highest BCUT2D eigenvalue weighted by atomic mass is 16.6. The van der Waals surface area contributed by atoms with Gasteiger partial charge in [-0.05, 0) is 49.6 Å². The highest BCUT2D eigenvalue weighted by Crippen LogP contribution is 2.65. The van der Waals surface area contributed by atoms with Gasteiger partial charge in [0.25, 0.3) is 0 Å². The van der Waals surface area contributed by atoms with E-state index in [1.807, 2.05) is 13.0 Å². The summed E-state index contributed by atoms with van der Waals surface area (Å²) in [5.41, 5.74) is 2.60. The van der Waals surface area contributed by atoms with Crippen molar-refractivity contribution in [3.05, 3.63) is 29.3 Å². The van der Waals surface area contributed by atoms with Gasteiger partial charge in [0.2, 0.25) is 0 Å². The fourth-order valence-electron chi connectivity index (χ4n) is 5.30. The largest absolute Gasteiger partial charge is 0.497 e. The molecule has 3 aliphatic rings. The summed E-state index contributed by atoms with van der Waals surface area (Å²) in [4.78, 5) is 14.2. The van der Waals surface area contributed by atoms with Crippen molar-refractivity contribution >= 4 is 5.97 Å². The molecule has 1 aliphatic heterocycles. The molecule has 0 amide bonds. The molecule has 0 aromatic heterocycles. The second kappa shape index (κ2) is 5.46. The fraction of sp³-hybridized carbons (Fsp3) is 0.632. The van der Waals surface area contributed by atoms with Crippen molar-refractivity contribution in [1.82, 2.24) is 4.90 Å². The minimum Gasteiger partial charge on any atom is -0.497 e. The summed E-state index contributed by atoms with van der Waals surface area (Å²) in [6.07, 6.45) is 1.10. The van der Waals surface area contributed by atoms with E-state index in [0.29, 0.717) is 24.6 Å². The number of esters is 1. The number of methoxy groups -OCH3 is 1. The van der Waals surface area contributed by atoms with Crippen LogP contribution in [0.4, 0.5) is 0 Å². The SMILES string of the molecule is CCOC(=O)COC1C2C3C[C@]1(C)c1cc(OC)ccc1C3N2C. The Hall–Kier alpha value is -1.59. The van der Waals surface area contributed by atoms with Crippen LogP contribution >= 0.6 is 0 Å². The van der Waals surface area contributed by atoms with Gasteiger partial charge in [-0.3, -0.25) is 4.90 Å². The first-order chi connectivity index (χ1) is 11.5. The molecule has 5 nitrogen and oxygen atoms in total. The molecule has 1 saturated carbocycles. The molecule has 24 heavy (non-hydrogen) atoms. The molecule has 0 spiro atoms. The van der Waals surface area contributed by atoms with Crippen LogP contribution < -0.4 is 4.74 Å². The Labute approximate surface area is 142 Å². The Bertz CT molecular complexity index is 675. The Balaban J connectivity index is 1.68. The zero-order valence-corrected chi connectivity index (χ0v) is 14.7. The van der Waals surface area contributed by atoms with E-state index in [9.17, 15) is 4.79 Å². The number of likely N-dealkylation sites (tertiary alicyclic amines) is 1. The van der Waals surface area contributed by atoms with Crippen LogP contribution in [0.15, 0.2) is 18.2 Å². The zero-order chi connectivity index (χ0) is 17.1. The number of likely N-dealkylation sites (N-methyl/N-ethyl adjacent to an activating group) is 1. The van der Waals surface area contributed by atoms with Crippen molar-refractivity contribution < 1.29 is 19.0 Å². The fourth-order valence-corrected chi connectivity index (χ4v) is 5.30. The van der Waals surface area contributed by atoms with Gasteiger partial charge in [-0.15, -0.1) is 0 Å². The number of benzene rings is 1. The third-order valence-electron chi connectivity index (χ3n) is 6.23. The van der Waals surface area contributed by atoms with Crippen LogP contribution in [0.25, 0.3) is 0 Å². The molecule has 1 aromatic rings. The lowest BCUT2D eigenvalue weighted by Gasteiger charge is -2.52. The molecule has 4 rings (SSSR count). The van der Waals surface area contributed by atoms with Crippen molar-refractivity contribution in [1.29, 1.82) is 0 Å². The molecule has 0 N–H and O–H groups in total. The van der Waals surface area contributed by atoms with Crippen molar-refractivity contribution in [2.45, 2.75) is 43.9 Å². The maximum Gasteiger partial charge on any atom is 0.332 e. The van der Waals surface area contributed by atoms with Gasteiger partial charge in [-0.1, -0.05) is 13.0 Å². The summed E-state index contributed by atoms with van der Waals surface area (Å²) < 4.78 is 16.6. The van der Waals surface area contributed by atoms with E-state index >= 15 is 0 Å². The summed E-state index contributed by atoms with van der Waals surface area (Å²) in [6.45, 7) is 4.49. The second-order valence-electron chi connectivity index (χ2n) is 7.38. The minimum atomic E-state index is -0.285. The molecular formula is C19H25NO4. The maximum atomic E-state index is 11.8. The van der Waals surface area contributed by atoms with E-state index in [4.69, 9.17) is 14.2 Å². The number of carbonyl (C=O) groups excluding carboxylic acids is 1. The van der Waals surface area contributed by atoms with E-state index in [0.717, 1.165) is 12.2 Å². The Morgan fingerprint density at radius 2 is 2.21 bits per heavy atom. The number of fused-ring (bicyclic) bond motifs is 4. The molecule has 5 heteroatoms. The van der Waals surface area contributed by atoms with E-state index in [2.05, 4.69) is 31.0 Å². The summed E-state index contributed by atoms with van der Waals surface area (Å²) in [7, 11) is 3.86. The number of nitrogens with zero attached hydrogens (tertiary/aromatic N) is 1. The first-order valence-electron chi connectivity index (χ1n) is 8.69. The van der Waals surface area contributed by atoms with Crippen LogP contribution in [0.5, 0.6) is 5.75 Å². The van der Waals surface area contributed by atoms with Gasteiger partial charge in [0.1, 0.15) is 12.4 Å². The Kier molecular flexibility index (Phi) is 3.62. The lowest BCUT2D eigenvalue weighted by molar-refractivity contribution is -0.155. The highest BCUT2D eigenvalue weighted by molar-refractivity contribution is 5.70. The van der Waals surface area contributed by atoms with Gasteiger partial charge >= 0.3 is 5.97 Å². The lowest BCUT2D eigenvalue weighted by atomic mass is 9.68. The van der Waals surface area contributed by atoms with Crippen molar-refractivity contribution in [2.75, 3.05) is 27.4 Å². The molecule has 1 aromatic carbocycles. The Morgan fingerprint density at radius 1 is 1.42 bits per heavy atom. The highest BCUT2D eigenvalue weighted by Gasteiger charge is 2.67. The Morgan fingerprint density at radius 3 is 2.92 bits per heavy atom. The summed E-state index contributed by atoms with van der Waals surface area (Å²) in [5.74, 6) is 1.20. The van der Waals surface area contributed by atoms with Crippen LogP contribution in [0.1, 0.15) is 37.4 Å². The molecule has 1 heterocycles. The van der Waals surface area contributed by atoms with Gasteiger partial charge in [0, 0.05) is 17.5 Å². The van der Waals surface area contributed by atoms with Crippen LogP contribution in [0.3, 0.4) is 0 Å². The standard InChI is InChI=1S/C19H25NO4/c1-5-23-15(21)10-24-18-17-13-9-19(18,2)14-8-11(22-4)6-7-12(14)16(13)20(17)3/h6-8,13,16-18H,5,9-10H2,1-4H3/t13?,16?,17?,18?,19-/m1/s1. The maximum absolute atomic E-state index is 11.8. The number of carbonyl (C=O) groups is 1. The normalized spacial score (nSPS) is 36.0. The van der Waals surface area contributed by atoms with E-state index in [1.54, 1.807) is 7.11 Å². The molecule has 4 unspecified atom stereocenters. The first-order valence-corrected chi connectivity index (χ1v) is 8.69. The number of hydrogen-bond acceptors (Lipinski definition) is 5. The monoisotopic (exact) mass is 331 g/mol. The van der Waals surface area contributed by atoms with Gasteiger partial charge in [-0.25, -0.2) is 4.79 Å². The molecule has 0 radical (unpaired) electrons. The van der Waals surface area contributed by atoms with Gasteiger partial charge in [0.15, 0.2) is 0 Å². The topological polar surface area (TPSA) is 48.0 Å². The molecule has 2 bridgehead atoms. The van der Waals surface area contributed by atoms with E-state index < -0.39 is 0 Å². The molecule has 130 valence electrons. The third-order valence-corrected chi connectivity index (χ3v) is 6.23. The average molecular weight is 331 g/mol. The van der Waals surface area contributed by atoms with Crippen LogP contribution in [0.2, 0.25) is 0 Å².